The zero-order valence-corrected chi connectivity index (χ0v) is 17.5. The summed E-state index contributed by atoms with van der Waals surface area (Å²) in [5.41, 5.74) is -1.53. The Labute approximate surface area is 166 Å². The fourth-order valence-electron chi connectivity index (χ4n) is 3.66. The first-order valence-corrected chi connectivity index (χ1v) is 11.2. The molecule has 9 nitrogen and oxygen atoms in total. The summed E-state index contributed by atoms with van der Waals surface area (Å²) in [5.74, 6) is -0.234. The highest BCUT2D eigenvalue weighted by molar-refractivity contribution is 7.89. The predicted octanol–water partition coefficient (Wildman–Crippen LogP) is 0.774. The number of amides is 2. The lowest BCUT2D eigenvalue weighted by Gasteiger charge is -2.46. The highest BCUT2D eigenvalue weighted by Crippen LogP contribution is 2.43. The van der Waals surface area contributed by atoms with Gasteiger partial charge in [0.05, 0.1) is 6.07 Å². The van der Waals surface area contributed by atoms with Crippen molar-refractivity contribution >= 4 is 22.0 Å². The van der Waals surface area contributed by atoms with Crippen LogP contribution in [0.3, 0.4) is 0 Å². The van der Waals surface area contributed by atoms with E-state index in [4.69, 9.17) is 4.74 Å². The van der Waals surface area contributed by atoms with Crippen molar-refractivity contribution in [1.82, 2.24) is 14.1 Å². The Morgan fingerprint density at radius 2 is 1.64 bits per heavy atom. The highest BCUT2D eigenvalue weighted by atomic mass is 32.2. The average molecular weight is 413 g/mol. The molecule has 0 aromatic carbocycles. The van der Waals surface area contributed by atoms with Gasteiger partial charge >= 0.3 is 6.09 Å². The maximum absolute atomic E-state index is 12.8. The molecule has 3 fully saturated rings. The third-order valence-corrected chi connectivity index (χ3v) is 7.86. The number of carbonyl (C=O) groups excluding carboxylic acids is 2. The van der Waals surface area contributed by atoms with Crippen LogP contribution in [-0.4, -0.2) is 84.6 Å². The predicted molar refractivity (Wildman–Crippen MR) is 101 cm³/mol. The van der Waals surface area contributed by atoms with Crippen molar-refractivity contribution in [3.63, 3.8) is 0 Å². The number of hydrogen-bond acceptors (Lipinski definition) is 6. The Hall–Kier alpha value is -1.86. The second-order valence-electron chi connectivity index (χ2n) is 8.79. The molecule has 156 valence electrons. The van der Waals surface area contributed by atoms with Gasteiger partial charge in [0, 0.05) is 39.3 Å². The Bertz CT molecular complexity index is 780. The van der Waals surface area contributed by atoms with Gasteiger partial charge in [0.25, 0.3) is 0 Å². The van der Waals surface area contributed by atoms with Crippen LogP contribution in [0.2, 0.25) is 0 Å². The molecule has 0 unspecified atom stereocenters. The molecule has 2 heterocycles. The fourth-order valence-corrected chi connectivity index (χ4v) is 5.49. The summed E-state index contributed by atoms with van der Waals surface area (Å²) in [6.07, 6.45) is 1.54. The molecule has 28 heavy (non-hydrogen) atoms. The van der Waals surface area contributed by atoms with E-state index in [1.54, 1.807) is 20.8 Å². The molecular weight excluding hydrogens is 384 g/mol. The number of carbonyl (C=O) groups is 2. The number of sulfonamides is 1. The number of ether oxygens (including phenoxy) is 1. The molecule has 0 aromatic rings. The Balaban J connectivity index is 1.51. The molecule has 2 saturated heterocycles. The van der Waals surface area contributed by atoms with Crippen molar-refractivity contribution in [1.29, 1.82) is 5.26 Å². The summed E-state index contributed by atoms with van der Waals surface area (Å²) in [6, 6.07) is 2.11. The van der Waals surface area contributed by atoms with Crippen LogP contribution in [0.15, 0.2) is 0 Å². The first-order chi connectivity index (χ1) is 13.0. The summed E-state index contributed by atoms with van der Waals surface area (Å²) in [5, 5.41) is 8.64. The summed E-state index contributed by atoms with van der Waals surface area (Å²) >= 11 is 0. The van der Waals surface area contributed by atoms with Crippen LogP contribution in [0.4, 0.5) is 4.79 Å². The highest BCUT2D eigenvalue weighted by Gasteiger charge is 2.52. The van der Waals surface area contributed by atoms with E-state index in [1.165, 1.54) is 14.1 Å². The van der Waals surface area contributed by atoms with Crippen molar-refractivity contribution in [2.24, 2.45) is 5.41 Å². The molecule has 3 rings (SSSR count). The Morgan fingerprint density at radius 1 is 1.07 bits per heavy atom. The van der Waals surface area contributed by atoms with Crippen molar-refractivity contribution in [3.05, 3.63) is 0 Å². The number of piperazine rings is 1. The topological polar surface area (TPSA) is 111 Å². The van der Waals surface area contributed by atoms with Crippen LogP contribution in [0.25, 0.3) is 0 Å². The van der Waals surface area contributed by atoms with Gasteiger partial charge in [0.2, 0.25) is 15.9 Å². The molecule has 2 amide bonds. The van der Waals surface area contributed by atoms with Gasteiger partial charge < -0.3 is 14.5 Å². The quantitative estimate of drug-likeness (QED) is 0.677. The van der Waals surface area contributed by atoms with Gasteiger partial charge in [-0.15, -0.1) is 0 Å². The number of nitriles is 1. The summed E-state index contributed by atoms with van der Waals surface area (Å²) in [6.45, 7) is 6.62. The smallest absolute Gasteiger partial charge is 0.410 e. The van der Waals surface area contributed by atoms with Crippen molar-refractivity contribution in [2.45, 2.75) is 50.9 Å². The average Bonchev–Trinajstić information content (AvgIpc) is 2.51. The maximum Gasteiger partial charge on any atom is 0.410 e. The van der Waals surface area contributed by atoms with E-state index in [0.717, 1.165) is 6.42 Å². The number of nitrogens with zero attached hydrogens (tertiary/aromatic N) is 4. The molecule has 3 aliphatic rings. The van der Waals surface area contributed by atoms with E-state index in [-0.39, 0.29) is 45.2 Å². The second kappa shape index (κ2) is 7.19. The van der Waals surface area contributed by atoms with E-state index in [2.05, 4.69) is 6.07 Å². The van der Waals surface area contributed by atoms with E-state index < -0.39 is 32.4 Å². The molecule has 2 aliphatic heterocycles. The Kier molecular flexibility index (Phi) is 5.36. The van der Waals surface area contributed by atoms with Gasteiger partial charge in [-0.1, -0.05) is 0 Å². The number of hydrogen-bond donors (Lipinski definition) is 0. The van der Waals surface area contributed by atoms with E-state index in [0.29, 0.717) is 12.8 Å². The van der Waals surface area contributed by atoms with Gasteiger partial charge in [-0.05, 0) is 40.0 Å². The number of rotatable bonds is 3. The molecule has 0 bridgehead atoms. The zero-order valence-electron chi connectivity index (χ0n) is 16.7. The van der Waals surface area contributed by atoms with Crippen molar-refractivity contribution in [2.75, 3.05) is 39.3 Å². The van der Waals surface area contributed by atoms with Crippen molar-refractivity contribution in [3.8, 4) is 6.07 Å². The largest absolute Gasteiger partial charge is 0.444 e. The minimum absolute atomic E-state index is 0.136. The van der Waals surface area contributed by atoms with E-state index in [1.807, 2.05) is 0 Å². The van der Waals surface area contributed by atoms with Gasteiger partial charge in [0.15, 0.2) is 0 Å². The molecule has 0 radical (unpaired) electrons. The molecule has 0 N–H and O–H groups in total. The second-order valence-corrected chi connectivity index (χ2v) is 11.0. The minimum Gasteiger partial charge on any atom is -0.444 e. The monoisotopic (exact) mass is 412 g/mol. The molecule has 1 aliphatic carbocycles. The third-order valence-electron chi connectivity index (χ3n) is 5.64. The van der Waals surface area contributed by atoms with E-state index >= 15 is 0 Å². The third kappa shape index (κ3) is 3.82. The molecule has 0 aromatic heterocycles. The minimum atomic E-state index is -3.54. The van der Waals surface area contributed by atoms with Crippen LogP contribution in [0.1, 0.15) is 40.0 Å². The molecule has 0 atom stereocenters. The normalized spacial score (nSPS) is 23.4. The molecule has 1 saturated carbocycles. The fraction of sp³-hybridized carbons (Fsp3) is 0.833. The molecule has 0 spiro atoms. The summed E-state index contributed by atoms with van der Waals surface area (Å²) < 4.78 is 32.4. The lowest BCUT2D eigenvalue weighted by Crippen LogP contribution is -2.64. The maximum atomic E-state index is 12.8. The molecular formula is C18H28N4O5S. The first-order valence-electron chi connectivity index (χ1n) is 9.66. The van der Waals surface area contributed by atoms with Crippen LogP contribution in [0.5, 0.6) is 0 Å². The summed E-state index contributed by atoms with van der Waals surface area (Å²) in [7, 11) is -3.54. The zero-order chi connectivity index (χ0) is 20.7. The van der Waals surface area contributed by atoms with Crippen LogP contribution < -0.4 is 0 Å². The van der Waals surface area contributed by atoms with Gasteiger partial charge in [0.1, 0.15) is 16.3 Å². The molecule has 10 heteroatoms. The number of likely N-dealkylation sites (tertiary alicyclic amines) is 1. The van der Waals surface area contributed by atoms with Crippen LogP contribution in [0, 0.1) is 16.7 Å². The van der Waals surface area contributed by atoms with Gasteiger partial charge in [-0.25, -0.2) is 13.2 Å². The summed E-state index contributed by atoms with van der Waals surface area (Å²) in [4.78, 5) is 27.6. The van der Waals surface area contributed by atoms with Crippen LogP contribution in [-0.2, 0) is 19.6 Å². The lowest BCUT2D eigenvalue weighted by atomic mass is 9.68. The van der Waals surface area contributed by atoms with E-state index in [9.17, 15) is 23.3 Å². The standard InChI is InChI=1S/C18H28N4O5S/c1-17(2,3)27-16(24)20-7-9-22(10-8-20)28(25,26)14-11-21(12-14)15(23)18(13-19)5-4-6-18/h14H,4-12H2,1-3H3. The SMILES string of the molecule is CC(C)(C)OC(=O)N1CCN(S(=O)(=O)C2CN(C(=O)C3(C#N)CCC3)C2)CC1. The first kappa shape index (κ1) is 20.9. The van der Waals surface area contributed by atoms with Crippen LogP contribution >= 0.6 is 0 Å². The van der Waals surface area contributed by atoms with Gasteiger partial charge in [-0.3, -0.25) is 4.79 Å². The lowest BCUT2D eigenvalue weighted by molar-refractivity contribution is -0.146. The van der Waals surface area contributed by atoms with Gasteiger partial charge in [-0.2, -0.15) is 9.57 Å². The van der Waals surface area contributed by atoms with Crippen molar-refractivity contribution < 1.29 is 22.7 Å². The Morgan fingerprint density at radius 3 is 2.07 bits per heavy atom.